The van der Waals surface area contributed by atoms with Crippen molar-refractivity contribution < 1.29 is 9.59 Å². The summed E-state index contributed by atoms with van der Waals surface area (Å²) in [7, 11) is 0. The molecule has 2 aromatic carbocycles. The fourth-order valence-electron chi connectivity index (χ4n) is 2.37. The molecule has 0 atom stereocenters. The maximum Gasteiger partial charge on any atom is 0.257 e. The standard InChI is InChI=1S/C19H17N3O2S3/c1-25-14-10-6-5-9-13(14)17(24)22-18-16(12-7-3-2-4-8-12)21-19(27-18)26-11-15(20)23/h2-10H,11H2,1H3,(H2,20,23)(H,22,24). The Balaban J connectivity index is 1.93. The van der Waals surface area contributed by atoms with E-state index in [2.05, 4.69) is 10.3 Å². The van der Waals surface area contributed by atoms with Crippen LogP contribution < -0.4 is 11.1 Å². The van der Waals surface area contributed by atoms with Gasteiger partial charge in [0, 0.05) is 10.5 Å². The molecule has 3 N–H and O–H groups in total. The predicted octanol–water partition coefficient (Wildman–Crippen LogP) is 4.36. The van der Waals surface area contributed by atoms with Crippen molar-refractivity contribution in [3.05, 3.63) is 60.2 Å². The highest BCUT2D eigenvalue weighted by Gasteiger charge is 2.18. The molecule has 0 bridgehead atoms. The minimum absolute atomic E-state index is 0.143. The lowest BCUT2D eigenvalue weighted by molar-refractivity contribution is -0.115. The molecule has 3 rings (SSSR count). The van der Waals surface area contributed by atoms with Gasteiger partial charge in [-0.1, -0.05) is 65.6 Å². The van der Waals surface area contributed by atoms with E-state index in [1.54, 1.807) is 6.07 Å². The highest BCUT2D eigenvalue weighted by Crippen LogP contribution is 2.38. The van der Waals surface area contributed by atoms with Crippen molar-refractivity contribution in [2.45, 2.75) is 9.24 Å². The van der Waals surface area contributed by atoms with E-state index in [1.807, 2.05) is 54.8 Å². The first-order valence-corrected chi connectivity index (χ1v) is 11.0. The zero-order chi connectivity index (χ0) is 19.2. The summed E-state index contributed by atoms with van der Waals surface area (Å²) >= 11 is 4.13. The van der Waals surface area contributed by atoms with E-state index in [-0.39, 0.29) is 11.7 Å². The molecular weight excluding hydrogens is 398 g/mol. The Bertz CT molecular complexity index is 958. The second-order valence-corrected chi connectivity index (χ2v) is 8.50. The van der Waals surface area contributed by atoms with E-state index in [9.17, 15) is 9.59 Å². The van der Waals surface area contributed by atoms with Crippen LogP contribution in [0.3, 0.4) is 0 Å². The number of nitrogens with zero attached hydrogens (tertiary/aromatic N) is 1. The van der Waals surface area contributed by atoms with Gasteiger partial charge in [-0.25, -0.2) is 4.98 Å². The first-order chi connectivity index (χ1) is 13.1. The molecule has 3 aromatic rings. The van der Waals surface area contributed by atoms with Crippen LogP contribution in [0.1, 0.15) is 10.4 Å². The van der Waals surface area contributed by atoms with E-state index in [0.29, 0.717) is 20.6 Å². The Morgan fingerprint density at radius 2 is 1.81 bits per heavy atom. The predicted molar refractivity (Wildman–Crippen MR) is 114 cm³/mol. The monoisotopic (exact) mass is 415 g/mol. The van der Waals surface area contributed by atoms with Crippen LogP contribution in [-0.4, -0.2) is 28.8 Å². The summed E-state index contributed by atoms with van der Waals surface area (Å²) in [5.41, 5.74) is 7.42. The Labute approximate surface area is 169 Å². The largest absolute Gasteiger partial charge is 0.369 e. The van der Waals surface area contributed by atoms with Gasteiger partial charge in [0.05, 0.1) is 11.3 Å². The van der Waals surface area contributed by atoms with Crippen molar-refractivity contribution in [1.29, 1.82) is 0 Å². The van der Waals surface area contributed by atoms with Crippen LogP contribution in [0.2, 0.25) is 0 Å². The molecule has 0 fully saturated rings. The van der Waals surface area contributed by atoms with Crippen molar-refractivity contribution in [1.82, 2.24) is 4.98 Å². The molecule has 138 valence electrons. The second kappa shape index (κ2) is 9.07. The lowest BCUT2D eigenvalue weighted by atomic mass is 10.1. The van der Waals surface area contributed by atoms with Crippen LogP contribution in [-0.2, 0) is 4.79 Å². The maximum absolute atomic E-state index is 12.8. The summed E-state index contributed by atoms with van der Waals surface area (Å²) < 4.78 is 0.682. The van der Waals surface area contributed by atoms with Crippen molar-refractivity contribution in [3.63, 3.8) is 0 Å². The number of nitrogens with one attached hydrogen (secondary N) is 1. The summed E-state index contributed by atoms with van der Waals surface area (Å²) in [5, 5.41) is 3.63. The van der Waals surface area contributed by atoms with Crippen LogP contribution in [0.4, 0.5) is 5.00 Å². The van der Waals surface area contributed by atoms with Gasteiger partial charge in [0.25, 0.3) is 5.91 Å². The number of aromatic nitrogens is 1. The van der Waals surface area contributed by atoms with Crippen molar-refractivity contribution >= 4 is 51.7 Å². The van der Waals surface area contributed by atoms with Crippen molar-refractivity contribution in [3.8, 4) is 11.3 Å². The number of amides is 2. The van der Waals surface area contributed by atoms with E-state index in [4.69, 9.17) is 5.73 Å². The fraction of sp³-hybridized carbons (Fsp3) is 0.105. The molecule has 0 saturated heterocycles. The number of hydrogen-bond donors (Lipinski definition) is 2. The third-order valence-corrected chi connectivity index (χ3v) is 6.50. The van der Waals surface area contributed by atoms with Crippen molar-refractivity contribution in [2.24, 2.45) is 5.73 Å². The number of benzene rings is 2. The number of thiazole rings is 1. The summed E-state index contributed by atoms with van der Waals surface area (Å²) in [4.78, 5) is 29.4. The number of anilines is 1. The topological polar surface area (TPSA) is 85.1 Å². The van der Waals surface area contributed by atoms with E-state index in [0.717, 1.165) is 10.5 Å². The smallest absolute Gasteiger partial charge is 0.257 e. The van der Waals surface area contributed by atoms with Crippen LogP contribution in [0.25, 0.3) is 11.3 Å². The second-order valence-electron chi connectivity index (χ2n) is 5.43. The molecule has 0 aliphatic carbocycles. The zero-order valence-electron chi connectivity index (χ0n) is 14.5. The average Bonchev–Trinajstić information content (AvgIpc) is 3.09. The summed E-state index contributed by atoms with van der Waals surface area (Å²) in [5.74, 6) is -0.451. The Kier molecular flexibility index (Phi) is 6.54. The normalized spacial score (nSPS) is 10.6. The molecule has 0 saturated carbocycles. The number of rotatable bonds is 7. The molecule has 5 nitrogen and oxygen atoms in total. The first kappa shape index (κ1) is 19.5. The Morgan fingerprint density at radius 3 is 2.52 bits per heavy atom. The molecule has 1 heterocycles. The highest BCUT2D eigenvalue weighted by molar-refractivity contribution is 8.01. The highest BCUT2D eigenvalue weighted by atomic mass is 32.2. The lowest BCUT2D eigenvalue weighted by Gasteiger charge is -2.08. The third-order valence-electron chi connectivity index (χ3n) is 3.57. The van der Waals surface area contributed by atoms with Crippen LogP contribution in [0, 0.1) is 0 Å². The SMILES string of the molecule is CSc1ccccc1C(=O)Nc1sc(SCC(N)=O)nc1-c1ccccc1. The van der Waals surface area contributed by atoms with Crippen LogP contribution in [0.5, 0.6) is 0 Å². The molecule has 0 unspecified atom stereocenters. The number of primary amides is 1. The van der Waals surface area contributed by atoms with Gasteiger partial charge in [0.1, 0.15) is 10.7 Å². The molecular formula is C19H17N3O2S3. The number of carbonyl (C=O) groups is 2. The molecule has 0 aliphatic rings. The van der Waals surface area contributed by atoms with Gasteiger partial charge in [-0.05, 0) is 18.4 Å². The minimum Gasteiger partial charge on any atom is -0.369 e. The van der Waals surface area contributed by atoms with Crippen LogP contribution in [0.15, 0.2) is 63.8 Å². The molecule has 1 aromatic heterocycles. The molecule has 0 spiro atoms. The summed E-state index contributed by atoms with van der Waals surface area (Å²) in [6.07, 6.45) is 1.94. The molecule has 0 radical (unpaired) electrons. The Hall–Kier alpha value is -2.29. The summed E-state index contributed by atoms with van der Waals surface area (Å²) in [6, 6.07) is 17.1. The molecule has 2 amide bonds. The van der Waals surface area contributed by atoms with E-state index >= 15 is 0 Å². The number of carbonyl (C=O) groups excluding carboxylic acids is 2. The van der Waals surface area contributed by atoms with Crippen LogP contribution >= 0.6 is 34.9 Å². The van der Waals surface area contributed by atoms with Gasteiger partial charge in [-0.3, -0.25) is 9.59 Å². The lowest BCUT2D eigenvalue weighted by Crippen LogP contribution is -2.12. The number of hydrogen-bond acceptors (Lipinski definition) is 6. The summed E-state index contributed by atoms with van der Waals surface area (Å²) in [6.45, 7) is 0. The first-order valence-electron chi connectivity index (χ1n) is 8.00. The van der Waals surface area contributed by atoms with Gasteiger partial charge in [0.15, 0.2) is 4.34 Å². The van der Waals surface area contributed by atoms with E-state index < -0.39 is 5.91 Å². The van der Waals surface area contributed by atoms with Gasteiger partial charge < -0.3 is 11.1 Å². The van der Waals surface area contributed by atoms with Gasteiger partial charge in [-0.15, -0.1) is 11.8 Å². The molecule has 8 heteroatoms. The fourth-order valence-corrected chi connectivity index (χ4v) is 4.77. The van der Waals surface area contributed by atoms with Gasteiger partial charge >= 0.3 is 0 Å². The third kappa shape index (κ3) is 4.91. The molecule has 0 aliphatic heterocycles. The molecule has 27 heavy (non-hydrogen) atoms. The minimum atomic E-state index is -0.407. The number of nitrogens with two attached hydrogens (primary N) is 1. The zero-order valence-corrected chi connectivity index (χ0v) is 16.9. The quantitative estimate of drug-likeness (QED) is 0.560. The van der Waals surface area contributed by atoms with Crippen molar-refractivity contribution in [2.75, 3.05) is 17.3 Å². The maximum atomic E-state index is 12.8. The van der Waals surface area contributed by atoms with Gasteiger partial charge in [0.2, 0.25) is 5.91 Å². The van der Waals surface area contributed by atoms with Gasteiger partial charge in [-0.2, -0.15) is 0 Å². The Morgan fingerprint density at radius 1 is 1.11 bits per heavy atom. The van der Waals surface area contributed by atoms with E-state index in [1.165, 1.54) is 34.9 Å². The number of thioether (sulfide) groups is 2. The average molecular weight is 416 g/mol.